The highest BCUT2D eigenvalue weighted by Gasteiger charge is 2.42. The van der Waals surface area contributed by atoms with Crippen molar-refractivity contribution in [1.29, 1.82) is 5.26 Å². The lowest BCUT2D eigenvalue weighted by atomic mass is 9.90. The van der Waals surface area contributed by atoms with E-state index in [1.807, 2.05) is 35.2 Å². The summed E-state index contributed by atoms with van der Waals surface area (Å²) < 4.78 is 53.6. The molecule has 0 aliphatic carbocycles. The van der Waals surface area contributed by atoms with E-state index < -0.39 is 53.7 Å². The van der Waals surface area contributed by atoms with Crippen molar-refractivity contribution in [2.24, 2.45) is 31.5 Å². The molecule has 0 saturated carbocycles. The van der Waals surface area contributed by atoms with Gasteiger partial charge in [0.05, 0.1) is 44.5 Å². The average Bonchev–Trinajstić information content (AvgIpc) is 2.51. The maximum Gasteiger partial charge on any atom is 0.491 e. The van der Waals surface area contributed by atoms with Crippen LogP contribution >= 0.6 is 11.6 Å². The van der Waals surface area contributed by atoms with Gasteiger partial charge >= 0.3 is 18.2 Å². The van der Waals surface area contributed by atoms with Crippen LogP contribution < -0.4 is 37.1 Å². The van der Waals surface area contributed by atoms with E-state index in [1.54, 1.807) is 81.3 Å². The molecule has 464 valence electrons. The van der Waals surface area contributed by atoms with Gasteiger partial charge in [-0.3, -0.25) is 24.1 Å². The number of terminal acetylenes is 1. The molecule has 1 aliphatic rings. The molecule has 2 aromatic heterocycles. The van der Waals surface area contributed by atoms with Gasteiger partial charge < -0.3 is 55.4 Å². The summed E-state index contributed by atoms with van der Waals surface area (Å²) in [6, 6.07) is 26.1. The number of amides is 6. The molecule has 0 bridgehead atoms. The largest absolute Gasteiger partial charge is 0.491 e. The van der Waals surface area contributed by atoms with E-state index in [4.69, 9.17) is 34.2 Å². The second-order valence-corrected chi connectivity index (χ2v) is 23.4. The Kier molecular flexibility index (Phi) is 21.7. The second-order valence-electron chi connectivity index (χ2n) is 22.9. The minimum absolute atomic E-state index is 0.0566. The van der Waals surface area contributed by atoms with E-state index >= 15 is 9.59 Å². The first-order chi connectivity index (χ1) is 41.6. The SMILES string of the molecule is C#CCOCc1cc(NC(=O)[C@H](CCCNC(N)=O)NC(=O)[C@@H](N)C(C)C)ccc1C[N+](C)(C)CCC[C@@H]1Cc2ccccc2CN1C(=O)c1ccc(Cl)cc1-c1cc(C(=O)N(c2ccc(OC(=O)C(F)(F)F)cc2)c2cc(C#N)n(C)c2C)c(C)n1C. The number of rotatable bonds is 24. The van der Waals surface area contributed by atoms with E-state index in [0.717, 1.165) is 34.4 Å². The third kappa shape index (κ3) is 16.2. The van der Waals surface area contributed by atoms with Crippen LogP contribution in [0.25, 0.3) is 11.3 Å². The van der Waals surface area contributed by atoms with Gasteiger partial charge in [-0.25, -0.2) is 9.59 Å². The van der Waals surface area contributed by atoms with Crippen molar-refractivity contribution in [2.75, 3.05) is 44.0 Å². The Morgan fingerprint density at radius 3 is 2.24 bits per heavy atom. The molecule has 0 saturated heterocycles. The monoisotopic (exact) mass is 1230 g/mol. The Hall–Kier alpha value is -8.93. The lowest BCUT2D eigenvalue weighted by Crippen LogP contribution is -2.51. The standard InChI is InChI=1S/C65H73ClF3N11O8/c1-10-29-87-38-45-30-47(74-59(81)55(18-13-27-73-64(72)86)75-60(82)58(71)39(2)3)21-19-44(45)37-80(8,9)28-14-17-49-31-42-15-11-12-16-43(42)36-78(49)61(83)52-26-20-46(66)32-54(52)57-34-53(40(4)77(57)7)62(84)79(56-33-50(35-70)76(6)41(56)5)48-22-24-51(25-23-48)88-63(85)65(67,68)69/h1,11-12,15-16,19-26,30,32-34,39,49,55,58H,13-14,17-18,27-29,31,36-38,71H2,2-9H3,(H4-,72,73,74,75,81,82,86)/p+1/t49-,55+,58+/m1/s1. The zero-order chi connectivity index (χ0) is 64.4. The van der Waals surface area contributed by atoms with Gasteiger partial charge in [0.1, 0.15) is 36.7 Å². The number of ether oxygens (including phenoxy) is 2. The fraction of sp³-hybridized carbons (Fsp3) is 0.369. The molecule has 0 fully saturated rings. The van der Waals surface area contributed by atoms with Gasteiger partial charge in [-0.05, 0) is 135 Å². The molecule has 23 heteroatoms. The number of urea groups is 1. The summed E-state index contributed by atoms with van der Waals surface area (Å²) in [7, 11) is 7.65. The first-order valence-corrected chi connectivity index (χ1v) is 29.0. The van der Waals surface area contributed by atoms with Crippen molar-refractivity contribution in [2.45, 2.75) is 104 Å². The molecule has 6 amide bonds. The third-order valence-corrected chi connectivity index (χ3v) is 16.1. The summed E-state index contributed by atoms with van der Waals surface area (Å²) in [5.74, 6) is -2.27. The fourth-order valence-corrected chi connectivity index (χ4v) is 10.9. The predicted octanol–water partition coefficient (Wildman–Crippen LogP) is 9.25. The highest BCUT2D eigenvalue weighted by Crippen LogP contribution is 2.38. The minimum atomic E-state index is -5.24. The molecule has 6 aromatic rings. The lowest BCUT2D eigenvalue weighted by Gasteiger charge is -2.38. The van der Waals surface area contributed by atoms with Gasteiger partial charge in [0.25, 0.3) is 11.8 Å². The van der Waals surface area contributed by atoms with Crippen molar-refractivity contribution in [3.05, 3.63) is 153 Å². The van der Waals surface area contributed by atoms with Gasteiger partial charge in [-0.2, -0.15) is 18.4 Å². The van der Waals surface area contributed by atoms with Crippen molar-refractivity contribution in [1.82, 2.24) is 24.7 Å². The third-order valence-electron chi connectivity index (χ3n) is 15.9. The number of fused-ring (bicyclic) bond motifs is 1. The van der Waals surface area contributed by atoms with Crippen LogP contribution in [0.5, 0.6) is 5.75 Å². The molecule has 88 heavy (non-hydrogen) atoms. The number of nitrogens with zero attached hydrogens (tertiary/aromatic N) is 6. The van der Waals surface area contributed by atoms with Crippen molar-refractivity contribution in [3.8, 4) is 35.4 Å². The first-order valence-electron chi connectivity index (χ1n) is 28.6. The molecule has 3 heterocycles. The normalized spacial score (nSPS) is 13.8. The zero-order valence-electron chi connectivity index (χ0n) is 50.5. The van der Waals surface area contributed by atoms with Crippen LogP contribution in [-0.2, 0) is 59.3 Å². The number of hydrogen-bond donors (Lipinski definition) is 5. The molecular weight excluding hydrogens is 1160 g/mol. The number of carbonyl (C=O) groups is 6. The van der Waals surface area contributed by atoms with E-state index in [2.05, 4.69) is 52.8 Å². The predicted molar refractivity (Wildman–Crippen MR) is 329 cm³/mol. The second kappa shape index (κ2) is 28.7. The van der Waals surface area contributed by atoms with Crippen LogP contribution in [0.4, 0.5) is 35.0 Å². The maximum atomic E-state index is 15.4. The molecular formula is C65H74ClF3N11O8+. The summed E-state index contributed by atoms with van der Waals surface area (Å²) >= 11 is 6.76. The van der Waals surface area contributed by atoms with Crippen LogP contribution in [0.1, 0.15) is 99.6 Å². The van der Waals surface area contributed by atoms with Gasteiger partial charge in [-0.15, -0.1) is 6.42 Å². The van der Waals surface area contributed by atoms with Crippen molar-refractivity contribution in [3.63, 3.8) is 0 Å². The van der Waals surface area contributed by atoms with E-state index in [-0.39, 0.29) is 61.0 Å². The van der Waals surface area contributed by atoms with Crippen LogP contribution in [0.15, 0.2) is 97.1 Å². The highest BCUT2D eigenvalue weighted by molar-refractivity contribution is 6.31. The molecule has 19 nitrogen and oxygen atoms in total. The number of hydrogen-bond acceptors (Lipinski definition) is 10. The van der Waals surface area contributed by atoms with Gasteiger partial charge in [-0.1, -0.05) is 61.7 Å². The summed E-state index contributed by atoms with van der Waals surface area (Å²) in [6.45, 7) is 9.06. The Morgan fingerprint density at radius 1 is 0.886 bits per heavy atom. The van der Waals surface area contributed by atoms with E-state index in [9.17, 15) is 37.6 Å². The maximum absolute atomic E-state index is 15.4. The molecule has 7 rings (SSSR count). The Morgan fingerprint density at radius 2 is 1.59 bits per heavy atom. The number of alkyl halides is 3. The average molecular weight is 1230 g/mol. The number of carbonyl (C=O) groups excluding carboxylic acids is 6. The number of aromatic nitrogens is 2. The molecule has 4 aromatic carbocycles. The number of halogens is 4. The summed E-state index contributed by atoms with van der Waals surface area (Å²) in [6.07, 6.45) is 2.81. The highest BCUT2D eigenvalue weighted by atomic mass is 35.5. The molecule has 1 aliphatic heterocycles. The number of nitrogens with one attached hydrogen (secondary N) is 3. The summed E-state index contributed by atoms with van der Waals surface area (Å²) in [5.41, 5.74) is 19.0. The van der Waals surface area contributed by atoms with Gasteiger partial charge in [0.15, 0.2) is 0 Å². The molecule has 7 N–H and O–H groups in total. The quantitative estimate of drug-likeness (QED) is 0.0126. The van der Waals surface area contributed by atoms with Gasteiger partial charge in [0.2, 0.25) is 11.8 Å². The summed E-state index contributed by atoms with van der Waals surface area (Å²) in [4.78, 5) is 83.7. The summed E-state index contributed by atoms with van der Waals surface area (Å²) in [5, 5.41) is 18.5. The molecule has 0 spiro atoms. The smallest absolute Gasteiger partial charge is 0.420 e. The van der Waals surface area contributed by atoms with E-state index in [0.29, 0.717) is 94.4 Å². The van der Waals surface area contributed by atoms with Crippen LogP contribution in [0.2, 0.25) is 5.02 Å². The minimum Gasteiger partial charge on any atom is -0.420 e. The molecule has 3 atom stereocenters. The number of nitrogens with two attached hydrogens (primary N) is 2. The number of primary amides is 1. The lowest BCUT2D eigenvalue weighted by molar-refractivity contribution is -0.903. The Bertz CT molecular complexity index is 3680. The molecule has 0 radical (unpaired) electrons. The van der Waals surface area contributed by atoms with E-state index in [1.165, 1.54) is 23.1 Å². The van der Waals surface area contributed by atoms with Crippen molar-refractivity contribution >= 4 is 64.3 Å². The van der Waals surface area contributed by atoms with Crippen LogP contribution in [0, 0.1) is 43.4 Å². The Labute approximate surface area is 515 Å². The Balaban J connectivity index is 1.13. The molecule has 0 unspecified atom stereocenters. The topological polar surface area (TPSA) is 249 Å². The van der Waals surface area contributed by atoms with Crippen LogP contribution in [-0.4, -0.2) is 112 Å². The number of quaternary nitrogens is 1. The first kappa shape index (κ1) is 66.6. The van der Waals surface area contributed by atoms with Crippen LogP contribution in [0.3, 0.4) is 0 Å². The van der Waals surface area contributed by atoms with Crippen molar-refractivity contribution < 1.29 is 55.9 Å². The number of benzene rings is 4. The number of anilines is 3. The number of esters is 1. The fourth-order valence-electron chi connectivity index (χ4n) is 10.8. The zero-order valence-corrected chi connectivity index (χ0v) is 51.3. The van der Waals surface area contributed by atoms with Gasteiger partial charge in [0, 0.05) is 83.4 Å². The number of nitriles is 1.